The predicted molar refractivity (Wildman–Crippen MR) is 386 cm³/mol. The molecule has 0 radical (unpaired) electrons. The highest BCUT2D eigenvalue weighted by Crippen LogP contribution is 2.45. The van der Waals surface area contributed by atoms with E-state index >= 15 is 0 Å². The first kappa shape index (κ1) is 93.1. The molecule has 0 bridgehead atoms. The Kier molecular flexibility index (Phi) is 66.5. The molecule has 0 aromatic carbocycles. The van der Waals surface area contributed by atoms with Crippen LogP contribution < -0.4 is 0 Å². The van der Waals surface area contributed by atoms with E-state index in [0.29, 0.717) is 31.6 Å². The SMILES string of the molecule is CCCCCCCCCCCCCCCCCCCCCCCCC(=O)O[C@H](COC(=O)CCCCCCCCCCCCCCC(C)C)COP(=O)(O)OC[C@@H](O)COP(=O)(O)OC[C@@H](COC(=O)CCCCCCCCCCC)OC(=O)CCCCCCCCC(C)C. The van der Waals surface area contributed by atoms with Gasteiger partial charge in [0.1, 0.15) is 19.3 Å². The molecule has 3 N–H and O–H groups in total. The number of phosphoric ester groups is 2. The zero-order valence-electron chi connectivity index (χ0n) is 62.0. The van der Waals surface area contributed by atoms with Gasteiger partial charge < -0.3 is 33.8 Å². The van der Waals surface area contributed by atoms with Gasteiger partial charge in [-0.15, -0.1) is 0 Å². The van der Waals surface area contributed by atoms with Gasteiger partial charge in [-0.1, -0.05) is 343 Å². The van der Waals surface area contributed by atoms with E-state index in [1.54, 1.807) is 0 Å². The van der Waals surface area contributed by atoms with Crippen LogP contribution in [0.25, 0.3) is 0 Å². The molecule has 0 aliphatic heterocycles. The fourth-order valence-electron chi connectivity index (χ4n) is 11.7. The number of hydrogen-bond donors (Lipinski definition) is 3. The molecule has 0 aliphatic carbocycles. The van der Waals surface area contributed by atoms with E-state index in [1.807, 2.05) is 0 Å². The normalized spacial score (nSPS) is 14.0. The molecule has 0 saturated carbocycles. The molecule has 0 fully saturated rings. The van der Waals surface area contributed by atoms with Gasteiger partial charge in [-0.3, -0.25) is 37.3 Å². The molecular formula is C76H148O17P2. The number of esters is 4. The van der Waals surface area contributed by atoms with Crippen molar-refractivity contribution in [3.63, 3.8) is 0 Å². The molecule has 0 aromatic rings. The van der Waals surface area contributed by atoms with Crippen LogP contribution in [0.1, 0.15) is 395 Å². The topological polar surface area (TPSA) is 237 Å². The highest BCUT2D eigenvalue weighted by molar-refractivity contribution is 7.47. The first-order valence-corrected chi connectivity index (χ1v) is 42.5. The number of phosphoric acid groups is 2. The zero-order chi connectivity index (χ0) is 70.0. The molecule has 0 amide bonds. The Balaban J connectivity index is 5.16. The first-order chi connectivity index (χ1) is 45.9. The molecule has 0 saturated heterocycles. The van der Waals surface area contributed by atoms with Gasteiger partial charge in [0, 0.05) is 25.7 Å². The summed E-state index contributed by atoms with van der Waals surface area (Å²) in [5, 5.41) is 10.6. The second-order valence-corrected chi connectivity index (χ2v) is 31.3. The highest BCUT2D eigenvalue weighted by atomic mass is 31.2. The number of carbonyl (C=O) groups is 4. The minimum absolute atomic E-state index is 0.102. The fraction of sp³-hybridized carbons (Fsp3) is 0.947. The van der Waals surface area contributed by atoms with Gasteiger partial charge in [0.15, 0.2) is 12.2 Å². The maximum absolute atomic E-state index is 13.1. The minimum Gasteiger partial charge on any atom is -0.462 e. The van der Waals surface area contributed by atoms with Crippen LogP contribution in [0.4, 0.5) is 0 Å². The smallest absolute Gasteiger partial charge is 0.462 e. The average molecular weight is 1400 g/mol. The Hall–Kier alpha value is -1.94. The zero-order valence-corrected chi connectivity index (χ0v) is 63.8. The molecule has 0 heterocycles. The molecule has 0 aliphatic rings. The largest absolute Gasteiger partial charge is 0.472 e. The van der Waals surface area contributed by atoms with Crippen molar-refractivity contribution in [3.05, 3.63) is 0 Å². The van der Waals surface area contributed by atoms with E-state index in [2.05, 4.69) is 41.5 Å². The Morgan fingerprint density at radius 2 is 0.484 bits per heavy atom. The van der Waals surface area contributed by atoms with Crippen molar-refractivity contribution in [1.29, 1.82) is 0 Å². The van der Waals surface area contributed by atoms with E-state index in [0.717, 1.165) is 95.8 Å². The first-order valence-electron chi connectivity index (χ1n) is 39.5. The second-order valence-electron chi connectivity index (χ2n) is 28.3. The summed E-state index contributed by atoms with van der Waals surface area (Å²) in [6, 6.07) is 0. The lowest BCUT2D eigenvalue weighted by molar-refractivity contribution is -0.161. The molecule has 95 heavy (non-hydrogen) atoms. The van der Waals surface area contributed by atoms with Gasteiger partial charge in [-0.05, 0) is 37.5 Å². The number of rotatable bonds is 75. The van der Waals surface area contributed by atoms with Crippen molar-refractivity contribution in [2.75, 3.05) is 39.6 Å². The molecule has 2 unspecified atom stereocenters. The number of ether oxygens (including phenoxy) is 4. The van der Waals surface area contributed by atoms with Gasteiger partial charge in [0.2, 0.25) is 0 Å². The molecule has 5 atom stereocenters. The molecule has 0 aromatic heterocycles. The van der Waals surface area contributed by atoms with Crippen molar-refractivity contribution >= 4 is 39.5 Å². The van der Waals surface area contributed by atoms with Gasteiger partial charge in [0.05, 0.1) is 26.4 Å². The Morgan fingerprint density at radius 3 is 0.716 bits per heavy atom. The van der Waals surface area contributed by atoms with E-state index in [1.165, 1.54) is 212 Å². The summed E-state index contributed by atoms with van der Waals surface area (Å²) in [5.74, 6) is -0.672. The van der Waals surface area contributed by atoms with Crippen molar-refractivity contribution in [1.82, 2.24) is 0 Å². The van der Waals surface area contributed by atoms with Gasteiger partial charge in [-0.2, -0.15) is 0 Å². The molecule has 19 heteroatoms. The van der Waals surface area contributed by atoms with Crippen LogP contribution in [-0.4, -0.2) is 96.7 Å². The summed E-state index contributed by atoms with van der Waals surface area (Å²) in [6.45, 7) is 9.49. The third kappa shape index (κ3) is 70.3. The molecule has 0 spiro atoms. The van der Waals surface area contributed by atoms with Crippen LogP contribution in [0.3, 0.4) is 0 Å². The Morgan fingerprint density at radius 1 is 0.284 bits per heavy atom. The summed E-state index contributed by atoms with van der Waals surface area (Å²) >= 11 is 0. The van der Waals surface area contributed by atoms with Gasteiger partial charge in [-0.25, -0.2) is 9.13 Å². The number of aliphatic hydroxyl groups excluding tert-OH is 1. The van der Waals surface area contributed by atoms with E-state index in [9.17, 15) is 43.2 Å². The number of hydrogen-bond acceptors (Lipinski definition) is 15. The summed E-state index contributed by atoms with van der Waals surface area (Å²) in [4.78, 5) is 72.6. The van der Waals surface area contributed by atoms with E-state index < -0.39 is 97.5 Å². The predicted octanol–water partition coefficient (Wildman–Crippen LogP) is 22.3. The monoisotopic (exact) mass is 1400 g/mol. The van der Waals surface area contributed by atoms with Crippen LogP contribution in [0.5, 0.6) is 0 Å². The standard InChI is InChI=1S/C76H148O17P2/c1-7-9-11-13-15-17-18-19-20-21-22-23-24-25-26-27-28-33-37-41-48-54-60-75(80)92-71(64-87-74(79)59-53-47-40-36-32-30-29-31-35-38-44-50-56-68(3)4)66-90-94(82,83)88-62-70(77)63-89-95(84,85)91-67-72(93-76(81)61-55-49-43-42-45-51-57-69(5)6)65-86-73(78)58-52-46-39-34-16-14-12-10-8-2/h68-72,77H,7-67H2,1-6H3,(H,82,83)(H,84,85)/t70-,71-,72-/m1/s1. The van der Waals surface area contributed by atoms with E-state index in [4.69, 9.17) is 37.0 Å². The van der Waals surface area contributed by atoms with Crippen molar-refractivity contribution in [2.45, 2.75) is 413 Å². The quantitative estimate of drug-likeness (QED) is 0.0222. The summed E-state index contributed by atoms with van der Waals surface area (Å²) < 4.78 is 68.4. The fourth-order valence-corrected chi connectivity index (χ4v) is 13.2. The van der Waals surface area contributed by atoms with Crippen LogP contribution >= 0.6 is 15.6 Å². The van der Waals surface area contributed by atoms with Crippen molar-refractivity contribution < 1.29 is 80.2 Å². The minimum atomic E-state index is -4.96. The van der Waals surface area contributed by atoms with Crippen molar-refractivity contribution in [3.8, 4) is 0 Å². The Bertz CT molecular complexity index is 1840. The lowest BCUT2D eigenvalue weighted by atomic mass is 10.0. The summed E-state index contributed by atoms with van der Waals surface area (Å²) in [6.07, 6.45) is 55.9. The third-order valence-electron chi connectivity index (χ3n) is 17.7. The van der Waals surface area contributed by atoms with E-state index in [-0.39, 0.29) is 25.7 Å². The summed E-state index contributed by atoms with van der Waals surface area (Å²) in [5.41, 5.74) is 0. The number of aliphatic hydroxyl groups is 1. The van der Waals surface area contributed by atoms with Crippen molar-refractivity contribution in [2.24, 2.45) is 11.8 Å². The maximum atomic E-state index is 13.1. The molecule has 564 valence electrons. The van der Waals surface area contributed by atoms with Gasteiger partial charge >= 0.3 is 39.5 Å². The Labute approximate surface area is 581 Å². The third-order valence-corrected chi connectivity index (χ3v) is 19.6. The lowest BCUT2D eigenvalue weighted by Gasteiger charge is -2.21. The highest BCUT2D eigenvalue weighted by Gasteiger charge is 2.30. The van der Waals surface area contributed by atoms with Crippen LogP contribution in [-0.2, 0) is 65.4 Å². The second kappa shape index (κ2) is 67.9. The average Bonchev–Trinajstić information content (AvgIpc) is 3.62. The summed E-state index contributed by atoms with van der Waals surface area (Å²) in [7, 11) is -9.90. The number of unbranched alkanes of at least 4 members (excludes halogenated alkanes) is 45. The number of carbonyl (C=O) groups excluding carboxylic acids is 4. The van der Waals surface area contributed by atoms with Gasteiger partial charge in [0.25, 0.3) is 0 Å². The maximum Gasteiger partial charge on any atom is 0.472 e. The molecule has 0 rings (SSSR count). The van der Waals surface area contributed by atoms with Crippen LogP contribution in [0.15, 0.2) is 0 Å². The van der Waals surface area contributed by atoms with Crippen LogP contribution in [0, 0.1) is 11.8 Å². The molecule has 17 nitrogen and oxygen atoms in total. The van der Waals surface area contributed by atoms with Crippen LogP contribution in [0.2, 0.25) is 0 Å². The molecular weight excluding hydrogens is 1250 g/mol. The lowest BCUT2D eigenvalue weighted by Crippen LogP contribution is -2.30.